The summed E-state index contributed by atoms with van der Waals surface area (Å²) in [5, 5.41) is 18.3. The fourth-order valence-corrected chi connectivity index (χ4v) is 3.00. The maximum Gasteiger partial charge on any atom is 0.303 e. The van der Waals surface area contributed by atoms with Crippen molar-refractivity contribution in [1.82, 2.24) is 0 Å². The number of aliphatic carboxylic acids is 1. The predicted molar refractivity (Wildman–Crippen MR) is 93.5 cm³/mol. The van der Waals surface area contributed by atoms with Gasteiger partial charge in [0.2, 0.25) is 0 Å². The average molecular weight is 328 g/mol. The smallest absolute Gasteiger partial charge is 0.303 e. The van der Waals surface area contributed by atoms with Gasteiger partial charge in [-0.3, -0.25) is 9.59 Å². The van der Waals surface area contributed by atoms with Gasteiger partial charge in [-0.05, 0) is 39.0 Å². The predicted octanol–water partition coefficient (Wildman–Crippen LogP) is 4.73. The topological polar surface area (TPSA) is 74.6 Å². The highest BCUT2D eigenvalue weighted by atomic mass is 16.4. The zero-order chi connectivity index (χ0) is 17.5. The normalized spacial score (nSPS) is 13.7. The highest BCUT2D eigenvalue weighted by molar-refractivity contribution is 5.78. The molecule has 0 fully saturated rings. The fourth-order valence-electron chi connectivity index (χ4n) is 3.00. The van der Waals surface area contributed by atoms with E-state index in [0.29, 0.717) is 0 Å². The first-order valence-corrected chi connectivity index (χ1v) is 9.37. The molecule has 0 saturated carbocycles. The van der Waals surface area contributed by atoms with E-state index in [0.717, 1.165) is 77.0 Å². The molecule has 23 heavy (non-hydrogen) atoms. The zero-order valence-electron chi connectivity index (χ0n) is 15.1. The Morgan fingerprint density at radius 3 is 1.87 bits per heavy atom. The van der Waals surface area contributed by atoms with Gasteiger partial charge < -0.3 is 10.2 Å². The molecule has 0 saturated heterocycles. The maximum atomic E-state index is 11.7. The molecule has 0 aliphatic rings. The van der Waals surface area contributed by atoms with E-state index in [4.69, 9.17) is 5.11 Å². The van der Waals surface area contributed by atoms with Gasteiger partial charge in [-0.2, -0.15) is 0 Å². The second kappa shape index (κ2) is 14.7. The van der Waals surface area contributed by atoms with Gasteiger partial charge in [0, 0.05) is 12.3 Å². The first-order valence-electron chi connectivity index (χ1n) is 9.37. The van der Waals surface area contributed by atoms with Crippen LogP contribution in [-0.2, 0) is 9.59 Å². The summed E-state index contributed by atoms with van der Waals surface area (Å²) in [6, 6.07) is 0. The summed E-state index contributed by atoms with van der Waals surface area (Å²) in [6.07, 6.45) is 11.7. The minimum absolute atomic E-state index is 0.158. The Balaban J connectivity index is 3.66. The highest BCUT2D eigenvalue weighted by Crippen LogP contribution is 2.20. The Hall–Kier alpha value is -0.900. The molecule has 0 bridgehead atoms. The van der Waals surface area contributed by atoms with Gasteiger partial charge in [-0.15, -0.1) is 0 Å². The largest absolute Gasteiger partial charge is 0.481 e. The Morgan fingerprint density at radius 2 is 1.35 bits per heavy atom. The average Bonchev–Trinajstić information content (AvgIpc) is 2.47. The van der Waals surface area contributed by atoms with E-state index >= 15 is 0 Å². The molecule has 0 aliphatic carbocycles. The second-order valence-electron chi connectivity index (χ2n) is 6.73. The molecule has 0 radical (unpaired) electrons. The van der Waals surface area contributed by atoms with Crippen molar-refractivity contribution in [2.24, 2.45) is 5.92 Å². The lowest BCUT2D eigenvalue weighted by Crippen LogP contribution is -2.11. The van der Waals surface area contributed by atoms with E-state index < -0.39 is 5.97 Å². The van der Waals surface area contributed by atoms with Crippen molar-refractivity contribution < 1.29 is 19.8 Å². The summed E-state index contributed by atoms with van der Waals surface area (Å²) in [6.45, 7) is 3.77. The second-order valence-corrected chi connectivity index (χ2v) is 6.73. The molecular formula is C19H36O4. The number of aliphatic hydroxyl groups is 1. The van der Waals surface area contributed by atoms with Gasteiger partial charge in [-0.1, -0.05) is 51.9 Å². The van der Waals surface area contributed by atoms with Crippen molar-refractivity contribution in [2.45, 2.75) is 103 Å². The van der Waals surface area contributed by atoms with Crippen molar-refractivity contribution in [3.05, 3.63) is 0 Å². The van der Waals surface area contributed by atoms with E-state index in [2.05, 4.69) is 6.92 Å². The van der Waals surface area contributed by atoms with Gasteiger partial charge in [0.05, 0.1) is 6.10 Å². The van der Waals surface area contributed by atoms with Crippen LogP contribution in [0.15, 0.2) is 0 Å². The molecule has 0 aromatic rings. The van der Waals surface area contributed by atoms with Crippen LogP contribution in [-0.4, -0.2) is 28.1 Å². The molecule has 4 nitrogen and oxygen atoms in total. The van der Waals surface area contributed by atoms with E-state index in [1.165, 1.54) is 0 Å². The molecule has 0 spiro atoms. The molecule has 2 atom stereocenters. The summed E-state index contributed by atoms with van der Waals surface area (Å²) in [4.78, 5) is 22.1. The zero-order valence-corrected chi connectivity index (χ0v) is 15.1. The summed E-state index contributed by atoms with van der Waals surface area (Å²) in [7, 11) is 0. The van der Waals surface area contributed by atoms with Crippen LogP contribution in [0, 0.1) is 5.92 Å². The third-order valence-electron chi connectivity index (χ3n) is 4.48. The van der Waals surface area contributed by atoms with Crippen LogP contribution in [0.3, 0.4) is 0 Å². The number of hydrogen-bond donors (Lipinski definition) is 2. The highest BCUT2D eigenvalue weighted by Gasteiger charge is 2.13. The molecular weight excluding hydrogens is 292 g/mol. The number of Topliss-reactive ketones (excluding diaryl/α,β-unsaturated/α-hetero) is 1. The number of rotatable bonds is 16. The standard InChI is InChI=1S/C19H36O4/c1-3-11-18(21)14-9-6-8-13-17(16(2)20)12-7-4-5-10-15-19(22)23/h17-18,21H,3-15H2,1-2H3,(H,22,23)/t17-,18+/m0/s1. The molecule has 0 rings (SSSR count). The lowest BCUT2D eigenvalue weighted by molar-refractivity contribution is -0.137. The van der Waals surface area contributed by atoms with Gasteiger partial charge >= 0.3 is 5.97 Å². The molecule has 4 heteroatoms. The Bertz CT molecular complexity index is 314. The number of aliphatic hydroxyl groups excluding tert-OH is 1. The third kappa shape index (κ3) is 14.4. The van der Waals surface area contributed by atoms with Crippen LogP contribution >= 0.6 is 0 Å². The number of carboxylic acids is 1. The number of hydrogen-bond acceptors (Lipinski definition) is 3. The maximum absolute atomic E-state index is 11.7. The van der Waals surface area contributed by atoms with E-state index in [1.54, 1.807) is 6.92 Å². The fraction of sp³-hybridized carbons (Fsp3) is 0.895. The quantitative estimate of drug-likeness (QED) is 0.402. The Morgan fingerprint density at radius 1 is 0.826 bits per heavy atom. The SMILES string of the molecule is CCC[C@@H](O)CCCCC[C@H](CCCCCCC(=O)O)C(C)=O. The number of carboxylic acid groups (broad SMARTS) is 1. The summed E-state index contributed by atoms with van der Waals surface area (Å²) < 4.78 is 0. The van der Waals surface area contributed by atoms with Crippen molar-refractivity contribution >= 4 is 11.8 Å². The molecule has 2 N–H and O–H groups in total. The van der Waals surface area contributed by atoms with Gasteiger partial charge in [0.25, 0.3) is 0 Å². The van der Waals surface area contributed by atoms with Crippen LogP contribution in [0.25, 0.3) is 0 Å². The van der Waals surface area contributed by atoms with E-state index in [9.17, 15) is 14.7 Å². The number of carbonyl (C=O) groups excluding carboxylic acids is 1. The van der Waals surface area contributed by atoms with Gasteiger partial charge in [0.1, 0.15) is 5.78 Å². The molecule has 0 aromatic heterocycles. The van der Waals surface area contributed by atoms with Crippen LogP contribution in [0.1, 0.15) is 97.3 Å². The van der Waals surface area contributed by atoms with Gasteiger partial charge in [-0.25, -0.2) is 0 Å². The van der Waals surface area contributed by atoms with Crippen LogP contribution < -0.4 is 0 Å². The minimum atomic E-state index is -0.726. The first-order chi connectivity index (χ1) is 11.0. The van der Waals surface area contributed by atoms with Crippen molar-refractivity contribution in [3.63, 3.8) is 0 Å². The Kier molecular flexibility index (Phi) is 14.1. The third-order valence-corrected chi connectivity index (χ3v) is 4.48. The van der Waals surface area contributed by atoms with Crippen LogP contribution in [0.5, 0.6) is 0 Å². The molecule has 0 aliphatic heterocycles. The summed E-state index contributed by atoms with van der Waals surface area (Å²) in [5.41, 5.74) is 0. The van der Waals surface area contributed by atoms with Gasteiger partial charge in [0.15, 0.2) is 0 Å². The van der Waals surface area contributed by atoms with Crippen molar-refractivity contribution in [2.75, 3.05) is 0 Å². The van der Waals surface area contributed by atoms with Crippen molar-refractivity contribution in [3.8, 4) is 0 Å². The molecule has 0 aromatic carbocycles. The van der Waals surface area contributed by atoms with Crippen LogP contribution in [0.4, 0.5) is 0 Å². The lowest BCUT2D eigenvalue weighted by Gasteiger charge is -2.14. The van der Waals surface area contributed by atoms with Crippen LogP contribution in [0.2, 0.25) is 0 Å². The van der Waals surface area contributed by atoms with E-state index in [-0.39, 0.29) is 24.2 Å². The van der Waals surface area contributed by atoms with Crippen molar-refractivity contribution in [1.29, 1.82) is 0 Å². The summed E-state index contributed by atoms with van der Waals surface area (Å²) >= 11 is 0. The van der Waals surface area contributed by atoms with E-state index in [1.807, 2.05) is 0 Å². The molecule has 136 valence electrons. The summed E-state index contributed by atoms with van der Waals surface area (Å²) in [5.74, 6) is -0.285. The lowest BCUT2D eigenvalue weighted by atomic mass is 9.91. The monoisotopic (exact) mass is 328 g/mol. The molecule has 0 unspecified atom stereocenters. The Labute approximate surface area is 141 Å². The number of carbonyl (C=O) groups is 2. The number of unbranched alkanes of at least 4 members (excludes halogenated alkanes) is 5. The molecule has 0 amide bonds. The number of ketones is 1. The minimum Gasteiger partial charge on any atom is -0.481 e. The first kappa shape index (κ1) is 22.1. The molecule has 0 heterocycles.